The maximum Gasteiger partial charge on any atom is 0.252 e. The molecule has 0 aliphatic heterocycles. The monoisotopic (exact) mass is 386 g/mol. The second-order valence-electron chi connectivity index (χ2n) is 5.91. The Morgan fingerprint density at radius 1 is 1.11 bits per heavy atom. The quantitative estimate of drug-likeness (QED) is 0.672. The normalized spacial score (nSPS) is 11.2. The van der Waals surface area contributed by atoms with Crippen LogP contribution < -0.4 is 10.0 Å². The van der Waals surface area contributed by atoms with Crippen LogP contribution in [0, 0.1) is 6.92 Å². The van der Waals surface area contributed by atoms with Crippen molar-refractivity contribution in [3.8, 4) is 11.4 Å². The van der Waals surface area contributed by atoms with Gasteiger partial charge in [-0.1, -0.05) is 41.6 Å². The number of nitrogens with one attached hydrogen (secondary N) is 2. The molecule has 3 rings (SSSR count). The number of hydrogen-bond donors (Lipinski definition) is 2. The average molecular weight is 386 g/mol. The summed E-state index contributed by atoms with van der Waals surface area (Å²) in [5, 5.41) is 6.59. The average Bonchev–Trinajstić information content (AvgIpc) is 3.10. The van der Waals surface area contributed by atoms with Crippen LogP contribution in [0.1, 0.15) is 21.8 Å². The van der Waals surface area contributed by atoms with E-state index in [0.29, 0.717) is 22.6 Å². The lowest BCUT2D eigenvalue weighted by atomic mass is 10.1. The zero-order chi connectivity index (χ0) is 19.4. The van der Waals surface area contributed by atoms with Gasteiger partial charge in [0.05, 0.1) is 18.5 Å². The van der Waals surface area contributed by atoms with Crippen molar-refractivity contribution >= 4 is 21.6 Å². The van der Waals surface area contributed by atoms with Crippen molar-refractivity contribution in [2.75, 3.05) is 11.0 Å². The van der Waals surface area contributed by atoms with E-state index in [9.17, 15) is 13.2 Å². The van der Waals surface area contributed by atoms with E-state index in [1.54, 1.807) is 25.1 Å². The summed E-state index contributed by atoms with van der Waals surface area (Å²) in [6.07, 6.45) is 1.05. The van der Waals surface area contributed by atoms with Crippen LogP contribution in [0.5, 0.6) is 0 Å². The summed E-state index contributed by atoms with van der Waals surface area (Å²) < 4.78 is 30.4. The molecule has 0 atom stereocenters. The van der Waals surface area contributed by atoms with Crippen molar-refractivity contribution in [1.82, 2.24) is 15.5 Å². The SMILES string of the molecule is Cc1c(NS(C)(=O)=O)cccc1C(=O)NCc1nc(-c2ccccc2)no1. The second-order valence-corrected chi connectivity index (χ2v) is 7.66. The summed E-state index contributed by atoms with van der Waals surface area (Å²) in [6.45, 7) is 1.73. The van der Waals surface area contributed by atoms with Gasteiger partial charge in [0.15, 0.2) is 0 Å². The molecule has 0 aliphatic carbocycles. The molecule has 0 radical (unpaired) electrons. The van der Waals surface area contributed by atoms with E-state index < -0.39 is 10.0 Å². The molecule has 0 saturated heterocycles. The summed E-state index contributed by atoms with van der Waals surface area (Å²) in [5.41, 5.74) is 2.05. The van der Waals surface area contributed by atoms with Crippen LogP contribution in [-0.2, 0) is 16.6 Å². The summed E-state index contributed by atoms with van der Waals surface area (Å²) in [6, 6.07) is 14.2. The first-order chi connectivity index (χ1) is 12.8. The van der Waals surface area contributed by atoms with Gasteiger partial charge in [-0.3, -0.25) is 9.52 Å². The molecular formula is C18H18N4O4S. The van der Waals surface area contributed by atoms with Crippen LogP contribution in [0.2, 0.25) is 0 Å². The number of benzene rings is 2. The number of hydrogen-bond acceptors (Lipinski definition) is 6. The van der Waals surface area contributed by atoms with Crippen molar-refractivity contribution in [1.29, 1.82) is 0 Å². The van der Waals surface area contributed by atoms with Gasteiger partial charge in [-0.15, -0.1) is 0 Å². The van der Waals surface area contributed by atoms with Crippen molar-refractivity contribution in [2.45, 2.75) is 13.5 Å². The Bertz CT molecular complexity index is 1060. The van der Waals surface area contributed by atoms with E-state index in [0.717, 1.165) is 11.8 Å². The highest BCUT2D eigenvalue weighted by atomic mass is 32.2. The lowest BCUT2D eigenvalue weighted by Crippen LogP contribution is -2.24. The Morgan fingerprint density at radius 3 is 2.56 bits per heavy atom. The third-order valence-electron chi connectivity index (χ3n) is 3.77. The highest BCUT2D eigenvalue weighted by molar-refractivity contribution is 7.92. The zero-order valence-corrected chi connectivity index (χ0v) is 15.6. The number of nitrogens with zero attached hydrogens (tertiary/aromatic N) is 2. The molecule has 3 aromatic rings. The van der Waals surface area contributed by atoms with Crippen LogP contribution in [0.3, 0.4) is 0 Å². The molecule has 140 valence electrons. The van der Waals surface area contributed by atoms with Crippen LogP contribution in [-0.4, -0.2) is 30.7 Å². The predicted octanol–water partition coefficient (Wildman–Crippen LogP) is 2.35. The largest absolute Gasteiger partial charge is 0.343 e. The van der Waals surface area contributed by atoms with Gasteiger partial charge in [-0.05, 0) is 24.6 Å². The molecule has 0 fully saturated rings. The lowest BCUT2D eigenvalue weighted by Gasteiger charge is -2.11. The van der Waals surface area contributed by atoms with Gasteiger partial charge < -0.3 is 9.84 Å². The summed E-state index contributed by atoms with van der Waals surface area (Å²) >= 11 is 0. The molecular weight excluding hydrogens is 368 g/mol. The number of rotatable bonds is 6. The number of amides is 1. The Labute approximate surface area is 156 Å². The van der Waals surface area contributed by atoms with Crippen molar-refractivity contribution in [3.05, 3.63) is 65.5 Å². The highest BCUT2D eigenvalue weighted by Crippen LogP contribution is 2.20. The summed E-state index contributed by atoms with van der Waals surface area (Å²) in [7, 11) is -3.44. The highest BCUT2D eigenvalue weighted by Gasteiger charge is 2.15. The van der Waals surface area contributed by atoms with Crippen LogP contribution in [0.25, 0.3) is 11.4 Å². The second kappa shape index (κ2) is 7.58. The zero-order valence-electron chi connectivity index (χ0n) is 14.8. The minimum atomic E-state index is -3.44. The minimum absolute atomic E-state index is 0.0574. The first-order valence-electron chi connectivity index (χ1n) is 8.07. The van der Waals surface area contributed by atoms with Crippen LogP contribution in [0.4, 0.5) is 5.69 Å². The molecule has 2 N–H and O–H groups in total. The van der Waals surface area contributed by atoms with Gasteiger partial charge in [-0.25, -0.2) is 8.42 Å². The van der Waals surface area contributed by atoms with E-state index in [2.05, 4.69) is 20.2 Å². The Hall–Kier alpha value is -3.20. The summed E-state index contributed by atoms with van der Waals surface area (Å²) in [4.78, 5) is 16.7. The molecule has 0 spiro atoms. The maximum absolute atomic E-state index is 12.5. The molecule has 0 saturated carbocycles. The van der Waals surface area contributed by atoms with Crippen LogP contribution in [0.15, 0.2) is 53.1 Å². The molecule has 0 aliphatic rings. The maximum atomic E-state index is 12.5. The minimum Gasteiger partial charge on any atom is -0.343 e. The van der Waals surface area contributed by atoms with E-state index in [-0.39, 0.29) is 18.3 Å². The lowest BCUT2D eigenvalue weighted by molar-refractivity contribution is 0.0945. The van der Waals surface area contributed by atoms with Gasteiger partial charge in [0.25, 0.3) is 5.91 Å². The van der Waals surface area contributed by atoms with E-state index >= 15 is 0 Å². The van der Waals surface area contributed by atoms with Crippen molar-refractivity contribution in [2.24, 2.45) is 0 Å². The molecule has 1 amide bonds. The molecule has 1 aromatic heterocycles. The number of carbonyl (C=O) groups excluding carboxylic acids is 1. The van der Waals surface area contributed by atoms with E-state index in [1.165, 1.54) is 0 Å². The standard InChI is InChI=1S/C18H18N4O4S/c1-12-14(9-6-10-15(12)22-27(2,24)25)18(23)19-11-16-20-17(21-26-16)13-7-4-3-5-8-13/h3-10,22H,11H2,1-2H3,(H,19,23). The molecule has 27 heavy (non-hydrogen) atoms. The fourth-order valence-corrected chi connectivity index (χ4v) is 3.09. The van der Waals surface area contributed by atoms with Crippen molar-refractivity contribution in [3.63, 3.8) is 0 Å². The van der Waals surface area contributed by atoms with Gasteiger partial charge in [0, 0.05) is 11.1 Å². The Kier molecular flexibility index (Phi) is 5.22. The summed E-state index contributed by atoms with van der Waals surface area (Å²) in [5.74, 6) is 0.338. The molecule has 0 unspecified atom stereocenters. The molecule has 8 nitrogen and oxygen atoms in total. The number of sulfonamides is 1. The topological polar surface area (TPSA) is 114 Å². The number of aromatic nitrogens is 2. The van der Waals surface area contributed by atoms with Gasteiger partial charge in [0.2, 0.25) is 21.7 Å². The number of anilines is 1. The molecule has 9 heteroatoms. The van der Waals surface area contributed by atoms with Crippen LogP contribution >= 0.6 is 0 Å². The third-order valence-corrected chi connectivity index (χ3v) is 4.36. The first kappa shape index (κ1) is 18.6. The Balaban J connectivity index is 1.70. The van der Waals surface area contributed by atoms with Gasteiger partial charge in [0.1, 0.15) is 0 Å². The third kappa shape index (κ3) is 4.70. The van der Waals surface area contributed by atoms with E-state index in [1.807, 2.05) is 30.3 Å². The van der Waals surface area contributed by atoms with E-state index in [4.69, 9.17) is 4.52 Å². The smallest absolute Gasteiger partial charge is 0.252 e. The predicted molar refractivity (Wildman–Crippen MR) is 101 cm³/mol. The van der Waals surface area contributed by atoms with Gasteiger partial charge >= 0.3 is 0 Å². The molecule has 1 heterocycles. The molecule has 2 aromatic carbocycles. The fourth-order valence-electron chi connectivity index (χ4n) is 2.47. The number of carbonyl (C=O) groups is 1. The first-order valence-corrected chi connectivity index (χ1v) is 9.96. The Morgan fingerprint density at radius 2 is 1.85 bits per heavy atom. The fraction of sp³-hybridized carbons (Fsp3) is 0.167. The molecule has 0 bridgehead atoms. The van der Waals surface area contributed by atoms with Crippen molar-refractivity contribution < 1.29 is 17.7 Å². The van der Waals surface area contributed by atoms with Gasteiger partial charge in [-0.2, -0.15) is 4.98 Å².